The van der Waals surface area contributed by atoms with Gasteiger partial charge in [0.1, 0.15) is 11.9 Å². The van der Waals surface area contributed by atoms with Gasteiger partial charge < -0.3 is 15.5 Å². The Balaban J connectivity index is 1.64. The van der Waals surface area contributed by atoms with Gasteiger partial charge in [-0.1, -0.05) is 17.7 Å². The summed E-state index contributed by atoms with van der Waals surface area (Å²) in [6, 6.07) is 9.32. The van der Waals surface area contributed by atoms with Gasteiger partial charge in [0.25, 0.3) is 0 Å². The zero-order valence-corrected chi connectivity index (χ0v) is 15.1. The lowest BCUT2D eigenvalue weighted by molar-refractivity contribution is -0.118. The molecule has 2 N–H and O–H groups in total. The Kier molecular flexibility index (Phi) is 4.93. The second-order valence-electron chi connectivity index (χ2n) is 6.68. The van der Waals surface area contributed by atoms with E-state index in [4.69, 9.17) is 0 Å². The van der Waals surface area contributed by atoms with Crippen molar-refractivity contribution in [3.63, 3.8) is 0 Å². The average molecular weight is 355 g/mol. The molecule has 1 atom stereocenters. The van der Waals surface area contributed by atoms with Crippen LogP contribution < -0.4 is 15.5 Å². The number of carbonyl (C=O) groups is 2. The van der Waals surface area contributed by atoms with Crippen molar-refractivity contribution in [2.24, 2.45) is 0 Å². The standard InChI is InChI=1S/C20H22FN3O2/c1-12-4-7-17(14(3)10-12)22-20(26)23-18-8-9-24(19(18)25)15-5-6-16(21)13(2)11-15/h4-7,10-11,18H,8-9H2,1-3H3,(H2,22,23,26)/t18-/m1/s1. The Hall–Kier alpha value is -2.89. The Morgan fingerprint density at radius 1 is 1.12 bits per heavy atom. The van der Waals surface area contributed by atoms with Crippen molar-refractivity contribution in [2.45, 2.75) is 33.2 Å². The molecule has 136 valence electrons. The number of aryl methyl sites for hydroxylation is 3. The van der Waals surface area contributed by atoms with Gasteiger partial charge in [0.2, 0.25) is 5.91 Å². The predicted molar refractivity (Wildman–Crippen MR) is 100.0 cm³/mol. The van der Waals surface area contributed by atoms with E-state index in [1.165, 1.54) is 6.07 Å². The molecular weight excluding hydrogens is 333 g/mol. The summed E-state index contributed by atoms with van der Waals surface area (Å²) in [5.74, 6) is -0.491. The highest BCUT2D eigenvalue weighted by molar-refractivity contribution is 6.02. The zero-order valence-electron chi connectivity index (χ0n) is 15.1. The minimum Gasteiger partial charge on any atom is -0.326 e. The number of halogens is 1. The molecule has 1 saturated heterocycles. The van der Waals surface area contributed by atoms with Crippen molar-refractivity contribution < 1.29 is 14.0 Å². The highest BCUT2D eigenvalue weighted by atomic mass is 19.1. The molecule has 1 aliphatic heterocycles. The van der Waals surface area contributed by atoms with Crippen LogP contribution in [0.1, 0.15) is 23.1 Å². The van der Waals surface area contributed by atoms with Crippen LogP contribution in [0.4, 0.5) is 20.6 Å². The highest BCUT2D eigenvalue weighted by Gasteiger charge is 2.33. The van der Waals surface area contributed by atoms with E-state index in [0.29, 0.717) is 29.9 Å². The summed E-state index contributed by atoms with van der Waals surface area (Å²) in [5, 5.41) is 5.52. The van der Waals surface area contributed by atoms with Gasteiger partial charge in [0.05, 0.1) is 0 Å². The van der Waals surface area contributed by atoms with E-state index in [0.717, 1.165) is 11.1 Å². The summed E-state index contributed by atoms with van der Waals surface area (Å²) in [4.78, 5) is 26.4. The minimum atomic E-state index is -0.592. The quantitative estimate of drug-likeness (QED) is 0.882. The Morgan fingerprint density at radius 2 is 1.88 bits per heavy atom. The fourth-order valence-corrected chi connectivity index (χ4v) is 3.14. The van der Waals surface area contributed by atoms with Crippen LogP contribution in [0.15, 0.2) is 36.4 Å². The number of nitrogens with one attached hydrogen (secondary N) is 2. The molecule has 0 aromatic heterocycles. The molecule has 6 heteroatoms. The van der Waals surface area contributed by atoms with E-state index in [2.05, 4.69) is 10.6 Å². The lowest BCUT2D eigenvalue weighted by Crippen LogP contribution is -2.43. The third-order valence-electron chi connectivity index (χ3n) is 4.59. The summed E-state index contributed by atoms with van der Waals surface area (Å²) in [7, 11) is 0. The summed E-state index contributed by atoms with van der Waals surface area (Å²) >= 11 is 0. The molecule has 0 saturated carbocycles. The average Bonchev–Trinajstić information content (AvgIpc) is 2.93. The van der Waals surface area contributed by atoms with Gasteiger partial charge in [0, 0.05) is 17.9 Å². The van der Waals surface area contributed by atoms with Crippen LogP contribution in [-0.4, -0.2) is 24.5 Å². The van der Waals surface area contributed by atoms with Crippen LogP contribution in [0.3, 0.4) is 0 Å². The molecule has 0 radical (unpaired) electrons. The Labute approximate surface area is 152 Å². The Bertz CT molecular complexity index is 866. The van der Waals surface area contributed by atoms with Crippen molar-refractivity contribution in [2.75, 3.05) is 16.8 Å². The smallest absolute Gasteiger partial charge is 0.319 e. The maximum Gasteiger partial charge on any atom is 0.319 e. The number of rotatable bonds is 3. The molecule has 1 aliphatic rings. The van der Waals surface area contributed by atoms with Crippen molar-refractivity contribution in [3.05, 3.63) is 58.9 Å². The monoisotopic (exact) mass is 355 g/mol. The zero-order chi connectivity index (χ0) is 18.8. The van der Waals surface area contributed by atoms with Crippen molar-refractivity contribution in [1.82, 2.24) is 5.32 Å². The van der Waals surface area contributed by atoms with Gasteiger partial charge in [-0.05, 0) is 62.6 Å². The number of anilines is 2. The van der Waals surface area contributed by atoms with E-state index in [9.17, 15) is 14.0 Å². The molecule has 0 bridgehead atoms. The van der Waals surface area contributed by atoms with Gasteiger partial charge in [-0.25, -0.2) is 9.18 Å². The molecule has 0 unspecified atom stereocenters. The van der Waals surface area contributed by atoms with E-state index in [1.54, 1.807) is 24.0 Å². The lowest BCUT2D eigenvalue weighted by atomic mass is 10.1. The van der Waals surface area contributed by atoms with Gasteiger partial charge in [-0.15, -0.1) is 0 Å². The highest BCUT2D eigenvalue weighted by Crippen LogP contribution is 2.24. The van der Waals surface area contributed by atoms with Crippen molar-refractivity contribution in [3.8, 4) is 0 Å². The fourth-order valence-electron chi connectivity index (χ4n) is 3.14. The SMILES string of the molecule is Cc1ccc(NC(=O)N[C@@H]2CCN(c3ccc(F)c(C)c3)C2=O)c(C)c1. The molecule has 26 heavy (non-hydrogen) atoms. The molecule has 0 spiro atoms. The largest absolute Gasteiger partial charge is 0.326 e. The number of carbonyl (C=O) groups excluding carboxylic acids is 2. The molecule has 3 amide bonds. The van der Waals surface area contributed by atoms with Crippen LogP contribution in [0.5, 0.6) is 0 Å². The maximum atomic E-state index is 13.4. The third-order valence-corrected chi connectivity index (χ3v) is 4.59. The normalized spacial score (nSPS) is 16.7. The fraction of sp³-hybridized carbons (Fsp3) is 0.300. The van der Waals surface area contributed by atoms with Crippen LogP contribution in [-0.2, 0) is 4.79 Å². The van der Waals surface area contributed by atoms with Crippen LogP contribution >= 0.6 is 0 Å². The number of amides is 3. The summed E-state index contributed by atoms with van der Waals surface area (Å²) < 4.78 is 13.4. The first-order valence-corrected chi connectivity index (χ1v) is 8.57. The molecule has 1 fully saturated rings. The number of hydrogen-bond donors (Lipinski definition) is 2. The summed E-state index contributed by atoms with van der Waals surface area (Å²) in [5.41, 5.74) is 3.92. The molecule has 0 aliphatic carbocycles. The summed E-state index contributed by atoms with van der Waals surface area (Å²) in [6.45, 7) is 6.05. The predicted octanol–water partition coefficient (Wildman–Crippen LogP) is 3.68. The van der Waals surface area contributed by atoms with Crippen molar-refractivity contribution in [1.29, 1.82) is 0 Å². The summed E-state index contributed by atoms with van der Waals surface area (Å²) in [6.07, 6.45) is 0.509. The second kappa shape index (κ2) is 7.15. The number of benzene rings is 2. The molecule has 2 aromatic rings. The third kappa shape index (κ3) is 3.69. The van der Waals surface area contributed by atoms with E-state index < -0.39 is 12.1 Å². The van der Waals surface area contributed by atoms with Crippen molar-refractivity contribution >= 4 is 23.3 Å². The van der Waals surface area contributed by atoms with E-state index >= 15 is 0 Å². The second-order valence-corrected chi connectivity index (χ2v) is 6.68. The molecule has 3 rings (SSSR count). The minimum absolute atomic E-state index is 0.188. The first-order valence-electron chi connectivity index (χ1n) is 8.57. The lowest BCUT2D eigenvalue weighted by Gasteiger charge is -2.18. The molecule has 2 aromatic carbocycles. The number of nitrogens with zero attached hydrogens (tertiary/aromatic N) is 1. The number of urea groups is 1. The van der Waals surface area contributed by atoms with Gasteiger partial charge in [-0.2, -0.15) is 0 Å². The van der Waals surface area contributed by atoms with Crippen LogP contribution in [0.25, 0.3) is 0 Å². The molecule has 5 nitrogen and oxygen atoms in total. The first-order chi connectivity index (χ1) is 12.3. The Morgan fingerprint density at radius 3 is 2.58 bits per heavy atom. The van der Waals surface area contributed by atoms with Gasteiger partial charge >= 0.3 is 6.03 Å². The van der Waals surface area contributed by atoms with Crippen LogP contribution in [0.2, 0.25) is 0 Å². The topological polar surface area (TPSA) is 61.4 Å². The van der Waals surface area contributed by atoms with E-state index in [-0.39, 0.29) is 11.7 Å². The molecule has 1 heterocycles. The van der Waals surface area contributed by atoms with Gasteiger partial charge in [0.15, 0.2) is 0 Å². The maximum absolute atomic E-state index is 13.4. The number of hydrogen-bond acceptors (Lipinski definition) is 2. The van der Waals surface area contributed by atoms with Gasteiger partial charge in [-0.3, -0.25) is 4.79 Å². The first kappa shape index (κ1) is 17.9. The van der Waals surface area contributed by atoms with Crippen LogP contribution in [0, 0.1) is 26.6 Å². The van der Waals surface area contributed by atoms with E-state index in [1.807, 2.05) is 32.0 Å². The molecular formula is C20H22FN3O2.